The molecule has 3 atom stereocenters. The maximum absolute atomic E-state index is 6.14. The molecule has 1 aromatic carbocycles. The van der Waals surface area contributed by atoms with Gasteiger partial charge in [-0.05, 0) is 49.8 Å². The van der Waals surface area contributed by atoms with E-state index in [0.717, 1.165) is 24.3 Å². The lowest BCUT2D eigenvalue weighted by Gasteiger charge is -2.33. The average molecular weight is 249 g/mol. The Morgan fingerprint density at radius 1 is 1.22 bits per heavy atom. The highest BCUT2D eigenvalue weighted by Gasteiger charge is 2.28. The first-order chi connectivity index (χ1) is 8.60. The minimum absolute atomic E-state index is 0.102. The van der Waals surface area contributed by atoms with Crippen LogP contribution in [0.3, 0.4) is 0 Å². The van der Waals surface area contributed by atoms with Crippen molar-refractivity contribution in [2.45, 2.75) is 45.3 Å². The molecule has 1 aromatic rings. The lowest BCUT2D eigenvalue weighted by atomic mass is 9.85. The number of hydrogen-bond acceptors (Lipinski definition) is 3. The Morgan fingerprint density at radius 3 is 2.72 bits per heavy atom. The molecule has 0 radical (unpaired) electrons. The summed E-state index contributed by atoms with van der Waals surface area (Å²) in [4.78, 5) is 0. The van der Waals surface area contributed by atoms with Gasteiger partial charge in [0.05, 0.1) is 7.11 Å². The second-order valence-electron chi connectivity index (χ2n) is 5.39. The summed E-state index contributed by atoms with van der Waals surface area (Å²) < 4.78 is 11.4. The zero-order chi connectivity index (χ0) is 13.1. The Morgan fingerprint density at radius 2 is 2.00 bits per heavy atom. The quantitative estimate of drug-likeness (QED) is 0.895. The van der Waals surface area contributed by atoms with E-state index in [1.54, 1.807) is 7.11 Å². The van der Waals surface area contributed by atoms with Crippen molar-refractivity contribution in [3.63, 3.8) is 0 Å². The minimum Gasteiger partial charge on any atom is -0.493 e. The second-order valence-corrected chi connectivity index (χ2v) is 5.39. The van der Waals surface area contributed by atoms with Crippen LogP contribution in [0.2, 0.25) is 0 Å². The Balaban J connectivity index is 2.12. The smallest absolute Gasteiger partial charge is 0.161 e. The lowest BCUT2D eigenvalue weighted by molar-refractivity contribution is 0.104. The van der Waals surface area contributed by atoms with Gasteiger partial charge in [0.15, 0.2) is 11.5 Å². The molecule has 0 amide bonds. The largest absolute Gasteiger partial charge is 0.493 e. The molecule has 1 saturated carbocycles. The maximum atomic E-state index is 6.14. The van der Waals surface area contributed by atoms with Gasteiger partial charge >= 0.3 is 0 Å². The summed E-state index contributed by atoms with van der Waals surface area (Å²) in [6.45, 7) is 4.30. The topological polar surface area (TPSA) is 44.5 Å². The van der Waals surface area contributed by atoms with E-state index in [4.69, 9.17) is 15.2 Å². The van der Waals surface area contributed by atoms with Crippen molar-refractivity contribution in [2.24, 2.45) is 11.7 Å². The molecule has 3 heteroatoms. The van der Waals surface area contributed by atoms with E-state index in [1.165, 1.54) is 12.0 Å². The molecule has 100 valence electrons. The molecule has 1 fully saturated rings. The fraction of sp³-hybridized carbons (Fsp3) is 0.600. The van der Waals surface area contributed by atoms with Crippen molar-refractivity contribution in [1.82, 2.24) is 0 Å². The van der Waals surface area contributed by atoms with Crippen LogP contribution in [0.25, 0.3) is 0 Å². The molecule has 3 nitrogen and oxygen atoms in total. The SMILES string of the molecule is COc1cc(C)ccc1OC1CC(C)CCC1N. The van der Waals surface area contributed by atoms with Crippen molar-refractivity contribution >= 4 is 0 Å². The third-order valence-corrected chi connectivity index (χ3v) is 3.70. The van der Waals surface area contributed by atoms with Gasteiger partial charge in [0.25, 0.3) is 0 Å². The molecule has 3 unspecified atom stereocenters. The number of hydrogen-bond donors (Lipinski definition) is 1. The van der Waals surface area contributed by atoms with Crippen molar-refractivity contribution in [2.75, 3.05) is 7.11 Å². The van der Waals surface area contributed by atoms with Gasteiger partial charge in [-0.15, -0.1) is 0 Å². The normalized spacial score (nSPS) is 27.9. The van der Waals surface area contributed by atoms with E-state index >= 15 is 0 Å². The van der Waals surface area contributed by atoms with E-state index < -0.39 is 0 Å². The summed E-state index contributed by atoms with van der Waals surface area (Å²) in [5.74, 6) is 2.28. The van der Waals surface area contributed by atoms with Crippen LogP contribution in [0, 0.1) is 12.8 Å². The number of methoxy groups -OCH3 is 1. The van der Waals surface area contributed by atoms with Gasteiger partial charge in [-0.25, -0.2) is 0 Å². The van der Waals surface area contributed by atoms with Gasteiger partial charge in [-0.2, -0.15) is 0 Å². The molecule has 0 spiro atoms. The first kappa shape index (κ1) is 13.2. The van der Waals surface area contributed by atoms with Gasteiger partial charge in [0.1, 0.15) is 6.10 Å². The molecule has 0 aliphatic heterocycles. The maximum Gasteiger partial charge on any atom is 0.161 e. The van der Waals surface area contributed by atoms with Crippen molar-refractivity contribution < 1.29 is 9.47 Å². The Labute approximate surface area is 109 Å². The van der Waals surface area contributed by atoms with Crippen LogP contribution in [0.15, 0.2) is 18.2 Å². The molecule has 0 aromatic heterocycles. The number of aryl methyl sites for hydroxylation is 1. The first-order valence-electron chi connectivity index (χ1n) is 6.67. The van der Waals surface area contributed by atoms with E-state index in [2.05, 4.69) is 6.92 Å². The van der Waals surface area contributed by atoms with Crippen molar-refractivity contribution in [1.29, 1.82) is 0 Å². The predicted octanol–water partition coefficient (Wildman–Crippen LogP) is 2.90. The van der Waals surface area contributed by atoms with Crippen LogP contribution in [0.4, 0.5) is 0 Å². The third kappa shape index (κ3) is 2.96. The summed E-state index contributed by atoms with van der Waals surface area (Å²) in [6, 6.07) is 6.13. The molecule has 18 heavy (non-hydrogen) atoms. The van der Waals surface area contributed by atoms with Crippen LogP contribution in [-0.4, -0.2) is 19.3 Å². The standard InChI is InChI=1S/C15H23NO2/c1-10-4-6-12(16)14(8-10)18-13-7-5-11(2)9-15(13)17-3/h5,7,9-10,12,14H,4,6,8,16H2,1-3H3. The highest BCUT2D eigenvalue weighted by molar-refractivity contribution is 5.42. The zero-order valence-electron chi connectivity index (χ0n) is 11.5. The van der Waals surface area contributed by atoms with Crippen LogP contribution >= 0.6 is 0 Å². The highest BCUT2D eigenvalue weighted by atomic mass is 16.5. The molecule has 0 saturated heterocycles. The average Bonchev–Trinajstić information content (AvgIpc) is 2.36. The van der Waals surface area contributed by atoms with Crippen LogP contribution in [0.1, 0.15) is 31.7 Å². The van der Waals surface area contributed by atoms with Gasteiger partial charge in [-0.1, -0.05) is 13.0 Å². The highest BCUT2D eigenvalue weighted by Crippen LogP contribution is 2.32. The number of rotatable bonds is 3. The van der Waals surface area contributed by atoms with Gasteiger partial charge < -0.3 is 15.2 Å². The third-order valence-electron chi connectivity index (χ3n) is 3.70. The summed E-state index contributed by atoms with van der Waals surface area (Å²) in [6.07, 6.45) is 3.37. The Kier molecular flexibility index (Phi) is 4.12. The van der Waals surface area contributed by atoms with E-state index in [9.17, 15) is 0 Å². The Hall–Kier alpha value is -1.22. The zero-order valence-corrected chi connectivity index (χ0v) is 11.5. The van der Waals surface area contributed by atoms with Crippen LogP contribution < -0.4 is 15.2 Å². The Bertz CT molecular complexity index is 405. The van der Waals surface area contributed by atoms with E-state index in [1.807, 2.05) is 25.1 Å². The summed E-state index contributed by atoms with van der Waals surface area (Å²) in [5.41, 5.74) is 7.31. The summed E-state index contributed by atoms with van der Waals surface area (Å²) in [7, 11) is 1.67. The van der Waals surface area contributed by atoms with Crippen LogP contribution in [-0.2, 0) is 0 Å². The number of benzene rings is 1. The molecular formula is C15H23NO2. The second kappa shape index (κ2) is 5.61. The lowest BCUT2D eigenvalue weighted by Crippen LogP contribution is -2.43. The summed E-state index contributed by atoms with van der Waals surface area (Å²) in [5, 5.41) is 0. The van der Waals surface area contributed by atoms with Gasteiger partial charge in [0.2, 0.25) is 0 Å². The van der Waals surface area contributed by atoms with E-state index in [0.29, 0.717) is 5.92 Å². The van der Waals surface area contributed by atoms with Crippen molar-refractivity contribution in [3.05, 3.63) is 23.8 Å². The molecule has 1 aliphatic carbocycles. The number of ether oxygens (including phenoxy) is 2. The monoisotopic (exact) mass is 249 g/mol. The predicted molar refractivity (Wildman–Crippen MR) is 73.1 cm³/mol. The summed E-state index contributed by atoms with van der Waals surface area (Å²) >= 11 is 0. The first-order valence-corrected chi connectivity index (χ1v) is 6.67. The minimum atomic E-state index is 0.102. The number of nitrogens with two attached hydrogens (primary N) is 1. The fourth-order valence-electron chi connectivity index (χ4n) is 2.52. The van der Waals surface area contributed by atoms with E-state index in [-0.39, 0.29) is 12.1 Å². The molecular weight excluding hydrogens is 226 g/mol. The molecule has 0 bridgehead atoms. The van der Waals surface area contributed by atoms with Gasteiger partial charge in [0, 0.05) is 6.04 Å². The molecule has 1 aliphatic rings. The molecule has 0 heterocycles. The molecule has 2 N–H and O–H groups in total. The van der Waals surface area contributed by atoms with Gasteiger partial charge in [-0.3, -0.25) is 0 Å². The molecule has 2 rings (SSSR count). The fourth-order valence-corrected chi connectivity index (χ4v) is 2.52. The van der Waals surface area contributed by atoms with Crippen molar-refractivity contribution in [3.8, 4) is 11.5 Å². The van der Waals surface area contributed by atoms with Crippen LogP contribution in [0.5, 0.6) is 11.5 Å².